The Morgan fingerprint density at radius 2 is 2.23 bits per heavy atom. The zero-order valence-corrected chi connectivity index (χ0v) is 12.1. The molecule has 0 bridgehead atoms. The first-order chi connectivity index (χ1) is 10.6. The largest absolute Gasteiger partial charge is 0.497 e. The summed E-state index contributed by atoms with van der Waals surface area (Å²) in [7, 11) is 1.59. The smallest absolute Gasteiger partial charge is 0.322 e. The van der Waals surface area contributed by atoms with Crippen LogP contribution in [0.2, 0.25) is 0 Å². The zero-order valence-electron chi connectivity index (χ0n) is 12.1. The van der Waals surface area contributed by atoms with Crippen molar-refractivity contribution in [1.29, 1.82) is 5.26 Å². The molecule has 1 aromatic rings. The van der Waals surface area contributed by atoms with Crippen molar-refractivity contribution < 1.29 is 19.4 Å². The Morgan fingerprint density at radius 3 is 2.86 bits per heavy atom. The first-order valence-corrected chi connectivity index (χ1v) is 6.53. The fourth-order valence-corrected chi connectivity index (χ4v) is 1.62. The van der Waals surface area contributed by atoms with E-state index >= 15 is 0 Å². The third-order valence-corrected chi connectivity index (χ3v) is 2.70. The van der Waals surface area contributed by atoms with E-state index in [1.807, 2.05) is 24.3 Å². The molecule has 22 heavy (non-hydrogen) atoms. The average Bonchev–Trinajstić information content (AvgIpc) is 2.53. The maximum atomic E-state index is 11.5. The van der Waals surface area contributed by atoms with Gasteiger partial charge in [-0.05, 0) is 24.1 Å². The molecule has 0 saturated heterocycles. The number of carboxylic acids is 1. The molecule has 3 N–H and O–H groups in total. The second-order valence-corrected chi connectivity index (χ2v) is 4.30. The van der Waals surface area contributed by atoms with Gasteiger partial charge >= 0.3 is 5.97 Å². The van der Waals surface area contributed by atoms with Crippen LogP contribution < -0.4 is 15.4 Å². The standard InChI is InChI=1S/C15H17N3O4/c1-22-13-4-2-3-11(7-13)5-6-17-9-12(8-16)15(21)18-10-14(19)20/h2-4,7,9,17H,5-6,10H2,1H3,(H,18,21)(H,19,20)/b12-9-. The number of amides is 1. The molecule has 116 valence electrons. The highest BCUT2D eigenvalue weighted by Gasteiger charge is 2.09. The fraction of sp³-hybridized carbons (Fsp3) is 0.267. The van der Waals surface area contributed by atoms with Gasteiger partial charge < -0.3 is 20.5 Å². The summed E-state index contributed by atoms with van der Waals surface area (Å²) < 4.78 is 5.12. The number of carbonyl (C=O) groups is 2. The van der Waals surface area contributed by atoms with Crippen LogP contribution in [0.3, 0.4) is 0 Å². The number of carbonyl (C=O) groups excluding carboxylic acids is 1. The topological polar surface area (TPSA) is 111 Å². The summed E-state index contributed by atoms with van der Waals surface area (Å²) in [5.41, 5.74) is 0.876. The molecular formula is C15H17N3O4. The van der Waals surface area contributed by atoms with Crippen LogP contribution in [0, 0.1) is 11.3 Å². The van der Waals surface area contributed by atoms with Crippen molar-refractivity contribution in [1.82, 2.24) is 10.6 Å². The van der Waals surface area contributed by atoms with Crippen molar-refractivity contribution in [2.24, 2.45) is 0 Å². The summed E-state index contributed by atoms with van der Waals surface area (Å²) in [5.74, 6) is -1.13. The molecule has 7 heteroatoms. The quantitative estimate of drug-likeness (QED) is 0.365. The molecule has 1 aromatic carbocycles. The minimum absolute atomic E-state index is 0.174. The van der Waals surface area contributed by atoms with E-state index in [2.05, 4.69) is 10.6 Å². The molecule has 0 atom stereocenters. The maximum absolute atomic E-state index is 11.5. The predicted molar refractivity (Wildman–Crippen MR) is 79.0 cm³/mol. The van der Waals surface area contributed by atoms with E-state index in [0.29, 0.717) is 13.0 Å². The van der Waals surface area contributed by atoms with Gasteiger partial charge in [0.1, 0.15) is 23.9 Å². The molecule has 0 aliphatic rings. The number of rotatable bonds is 8. The molecular weight excluding hydrogens is 286 g/mol. The van der Waals surface area contributed by atoms with Crippen molar-refractivity contribution >= 4 is 11.9 Å². The number of nitrogens with one attached hydrogen (secondary N) is 2. The lowest BCUT2D eigenvalue weighted by atomic mass is 10.1. The van der Waals surface area contributed by atoms with Crippen molar-refractivity contribution in [3.63, 3.8) is 0 Å². The van der Waals surface area contributed by atoms with Crippen LogP contribution in [0.5, 0.6) is 5.75 Å². The van der Waals surface area contributed by atoms with E-state index in [4.69, 9.17) is 15.1 Å². The normalized spacial score (nSPS) is 10.5. The number of aliphatic carboxylic acids is 1. The fourth-order valence-electron chi connectivity index (χ4n) is 1.62. The second kappa shape index (κ2) is 9.02. The highest BCUT2D eigenvalue weighted by atomic mass is 16.5. The zero-order chi connectivity index (χ0) is 16.4. The van der Waals surface area contributed by atoms with Gasteiger partial charge in [-0.15, -0.1) is 0 Å². The molecule has 0 saturated carbocycles. The van der Waals surface area contributed by atoms with Crippen LogP contribution in [0.4, 0.5) is 0 Å². The Bertz CT molecular complexity index is 605. The lowest BCUT2D eigenvalue weighted by molar-refractivity contribution is -0.137. The van der Waals surface area contributed by atoms with E-state index in [0.717, 1.165) is 11.3 Å². The van der Waals surface area contributed by atoms with Gasteiger partial charge in [0.15, 0.2) is 0 Å². The molecule has 0 fully saturated rings. The number of hydrogen-bond donors (Lipinski definition) is 3. The number of benzene rings is 1. The van der Waals surface area contributed by atoms with Gasteiger partial charge in [-0.25, -0.2) is 0 Å². The number of carboxylic acid groups (broad SMARTS) is 1. The molecule has 1 rings (SSSR count). The van der Waals surface area contributed by atoms with Gasteiger partial charge in [-0.1, -0.05) is 12.1 Å². The van der Waals surface area contributed by atoms with Crippen LogP contribution >= 0.6 is 0 Å². The highest BCUT2D eigenvalue weighted by Crippen LogP contribution is 2.12. The van der Waals surface area contributed by atoms with Crippen LogP contribution in [-0.2, 0) is 16.0 Å². The first kappa shape index (κ1) is 17.0. The SMILES string of the molecule is COc1cccc(CCN/C=C(/C#N)C(=O)NCC(=O)O)c1. The van der Waals surface area contributed by atoms with E-state index in [-0.39, 0.29) is 5.57 Å². The monoisotopic (exact) mass is 303 g/mol. The first-order valence-electron chi connectivity index (χ1n) is 6.53. The number of nitriles is 1. The maximum Gasteiger partial charge on any atom is 0.322 e. The van der Waals surface area contributed by atoms with Crippen LogP contribution in [0.25, 0.3) is 0 Å². The molecule has 0 aliphatic heterocycles. The Labute approximate surface area is 128 Å². The van der Waals surface area contributed by atoms with E-state index in [1.54, 1.807) is 13.2 Å². The van der Waals surface area contributed by atoms with Gasteiger partial charge in [0, 0.05) is 12.7 Å². The van der Waals surface area contributed by atoms with Gasteiger partial charge in [0.2, 0.25) is 0 Å². The summed E-state index contributed by atoms with van der Waals surface area (Å²) in [6.45, 7) is -0.00772. The molecule has 0 aliphatic carbocycles. The summed E-state index contributed by atoms with van der Waals surface area (Å²) in [4.78, 5) is 21.8. The third kappa shape index (κ3) is 5.96. The van der Waals surface area contributed by atoms with Gasteiger partial charge in [-0.3, -0.25) is 9.59 Å². The van der Waals surface area contributed by atoms with E-state index < -0.39 is 18.4 Å². The molecule has 0 aromatic heterocycles. The van der Waals surface area contributed by atoms with Gasteiger partial charge in [0.25, 0.3) is 5.91 Å². The Kier molecular flexibility index (Phi) is 6.99. The highest BCUT2D eigenvalue weighted by molar-refractivity contribution is 5.98. The van der Waals surface area contributed by atoms with E-state index in [1.165, 1.54) is 6.20 Å². The van der Waals surface area contributed by atoms with E-state index in [9.17, 15) is 9.59 Å². The molecule has 0 heterocycles. The van der Waals surface area contributed by atoms with Crippen molar-refractivity contribution in [2.75, 3.05) is 20.2 Å². The third-order valence-electron chi connectivity index (χ3n) is 2.70. The molecule has 0 radical (unpaired) electrons. The predicted octanol–water partition coefficient (Wildman–Crippen LogP) is 0.436. The van der Waals surface area contributed by atoms with Crippen molar-refractivity contribution in [3.05, 3.63) is 41.6 Å². The Morgan fingerprint density at radius 1 is 1.45 bits per heavy atom. The number of hydrogen-bond acceptors (Lipinski definition) is 5. The minimum atomic E-state index is -1.17. The number of methoxy groups -OCH3 is 1. The summed E-state index contributed by atoms with van der Waals surface area (Å²) >= 11 is 0. The number of nitrogens with zero attached hydrogens (tertiary/aromatic N) is 1. The Balaban J connectivity index is 2.46. The van der Waals surface area contributed by atoms with Gasteiger partial charge in [0.05, 0.1) is 7.11 Å². The summed E-state index contributed by atoms with van der Waals surface area (Å²) in [6.07, 6.45) is 1.96. The molecule has 1 amide bonds. The molecule has 7 nitrogen and oxygen atoms in total. The Hall–Kier alpha value is -3.01. The number of ether oxygens (including phenoxy) is 1. The van der Waals surface area contributed by atoms with Crippen LogP contribution in [0.1, 0.15) is 5.56 Å². The van der Waals surface area contributed by atoms with Crippen molar-refractivity contribution in [2.45, 2.75) is 6.42 Å². The van der Waals surface area contributed by atoms with Crippen molar-refractivity contribution in [3.8, 4) is 11.8 Å². The molecule has 0 unspecified atom stereocenters. The average molecular weight is 303 g/mol. The van der Waals surface area contributed by atoms with Crippen LogP contribution in [0.15, 0.2) is 36.0 Å². The summed E-state index contributed by atoms with van der Waals surface area (Å²) in [5, 5.41) is 22.3. The van der Waals surface area contributed by atoms with Crippen LogP contribution in [-0.4, -0.2) is 37.2 Å². The molecule has 0 spiro atoms. The lowest BCUT2D eigenvalue weighted by Crippen LogP contribution is -2.30. The lowest BCUT2D eigenvalue weighted by Gasteiger charge is -2.05. The van der Waals surface area contributed by atoms with Gasteiger partial charge in [-0.2, -0.15) is 5.26 Å². The summed E-state index contributed by atoms with van der Waals surface area (Å²) in [6, 6.07) is 9.28. The second-order valence-electron chi connectivity index (χ2n) is 4.30. The minimum Gasteiger partial charge on any atom is -0.497 e.